The van der Waals surface area contributed by atoms with E-state index in [9.17, 15) is 121 Å². The average molecular weight is 1360 g/mol. The van der Waals surface area contributed by atoms with Gasteiger partial charge in [0.15, 0.2) is 87.7 Å². The van der Waals surface area contributed by atoms with Crippen molar-refractivity contribution in [2.75, 3.05) is 19.8 Å². The second-order valence-electron chi connectivity index (χ2n) is 22.1. The zero-order chi connectivity index (χ0) is 69.6. The van der Waals surface area contributed by atoms with Gasteiger partial charge in [-0.15, -0.1) is 0 Å². The van der Waals surface area contributed by atoms with Gasteiger partial charge in [-0.05, 0) is 42.5 Å². The van der Waals surface area contributed by atoms with Gasteiger partial charge in [-0.2, -0.15) is 0 Å². The van der Waals surface area contributed by atoms with Crippen LogP contribution in [0.3, 0.4) is 0 Å². The highest BCUT2D eigenvalue weighted by Gasteiger charge is 2.54. The lowest BCUT2D eigenvalue weighted by Gasteiger charge is -2.45. The quantitative estimate of drug-likeness (QED) is 0.0119. The van der Waals surface area contributed by atoms with E-state index in [1.807, 2.05) is 0 Å². The van der Waals surface area contributed by atoms with Crippen LogP contribution in [0, 0.1) is 0 Å². The maximum atomic E-state index is 13.6. The maximum Gasteiger partial charge on any atom is 0.400 e. The van der Waals surface area contributed by atoms with Crippen molar-refractivity contribution in [3.63, 3.8) is 0 Å². The van der Waals surface area contributed by atoms with E-state index in [2.05, 4.69) is 0 Å². The molecule has 10 rings (SSSR count). The number of carboxylic acids is 1. The Balaban J connectivity index is 0.891. The maximum absolute atomic E-state index is 13.6. The number of aliphatic hydroxyl groups is 11. The number of carboxylic acid groups (broad SMARTS) is 1. The van der Waals surface area contributed by atoms with Gasteiger partial charge in [0.1, 0.15) is 109 Å². The first-order chi connectivity index (χ1) is 45.5. The molecule has 96 heavy (non-hydrogen) atoms. The summed E-state index contributed by atoms with van der Waals surface area (Å²) in [5.41, 5.74) is -2.85. The van der Waals surface area contributed by atoms with E-state index in [1.54, 1.807) is 0 Å². The highest BCUT2D eigenvalue weighted by atomic mass is 16.8. The van der Waals surface area contributed by atoms with Crippen molar-refractivity contribution in [2.24, 2.45) is 0 Å². The van der Waals surface area contributed by atoms with Crippen molar-refractivity contribution in [3.8, 4) is 85.7 Å². The standard InChI is InChI=1S/C59H60O37/c1-17(62)85-50-40(74)33(92-57(47(50)81)89-30-12-23-24(65)8-21(64)9-28(23)87-48(30)19-6-26(67)37(71)27(68)7-19)16-84-34(69)13-35(70)93-53-45(79)44(78)52(55(82)83)95-58(53)86-22-10-25(66)36-29(11-22)88-49(18-2-4-20(63)5-3-18)51(41(36)75)94-59-54(43(77)39(73)32(15-61)91-59)96-56-46(80)42(76)38(72)31(14-60)90-56/h2-12,31-33,38-40,42-47,50,52-54,56-61,63,65-68,71-74,76-81H,13-16H2,1H3,(H,82,83)/p+1/t31-,32-,33-,38-,39-,40-,42+,43+,44+,45+,46-,47-,50+,52+,53-,54-,56+,57-,58-,59+/m1/s1. The third-order valence-electron chi connectivity index (χ3n) is 15.6. The zero-order valence-corrected chi connectivity index (χ0v) is 49.1. The van der Waals surface area contributed by atoms with Crippen LogP contribution < -0.4 is 25.1 Å². The predicted molar refractivity (Wildman–Crippen MR) is 302 cm³/mol. The van der Waals surface area contributed by atoms with Crippen molar-refractivity contribution < 1.29 is 177 Å². The molecule has 0 unspecified atom stereocenters. The smallest absolute Gasteiger partial charge is 0.400 e. The summed E-state index contributed by atoms with van der Waals surface area (Å²) in [6, 6.07) is 10.9. The molecular formula is C59H61O37+. The van der Waals surface area contributed by atoms with Gasteiger partial charge in [0.2, 0.25) is 18.9 Å². The van der Waals surface area contributed by atoms with Gasteiger partial charge in [0, 0.05) is 42.3 Å². The largest absolute Gasteiger partial charge is 0.508 e. The number of phenols is 6. The number of aliphatic hydroxyl groups excluding tert-OH is 11. The Hall–Kier alpha value is -9.26. The fraction of sp³-hybridized carbons (Fsp3) is 0.424. The van der Waals surface area contributed by atoms with Crippen LogP contribution in [0.1, 0.15) is 13.3 Å². The Morgan fingerprint density at radius 3 is 1.81 bits per heavy atom. The molecule has 5 aliphatic heterocycles. The molecule has 0 spiro atoms. The molecular weight excluding hydrogens is 1300 g/mol. The molecule has 0 bridgehead atoms. The third-order valence-corrected chi connectivity index (χ3v) is 15.6. The first kappa shape index (κ1) is 69.6. The number of hydrogen-bond donors (Lipinski definition) is 18. The first-order valence-corrected chi connectivity index (χ1v) is 28.5. The molecule has 0 radical (unpaired) electrons. The number of carbonyl (C=O) groups excluding carboxylic acids is 3. The van der Waals surface area contributed by atoms with E-state index < -0.39 is 252 Å². The van der Waals surface area contributed by atoms with Crippen LogP contribution >= 0.6 is 0 Å². The Morgan fingerprint density at radius 1 is 0.542 bits per heavy atom. The molecule has 1 aliphatic carbocycles. The molecule has 37 heteroatoms. The Labute approximate surface area is 534 Å². The molecule has 6 aliphatic rings. The van der Waals surface area contributed by atoms with Gasteiger partial charge in [-0.1, -0.05) is 0 Å². The average Bonchev–Trinajstić information content (AvgIpc) is 0.753. The van der Waals surface area contributed by atoms with Gasteiger partial charge in [-0.3, -0.25) is 24.0 Å². The lowest BCUT2D eigenvalue weighted by atomic mass is 9.97. The second kappa shape index (κ2) is 28.2. The van der Waals surface area contributed by atoms with E-state index in [0.29, 0.717) is 0 Å². The minimum absolute atomic E-state index is 0.0636. The van der Waals surface area contributed by atoms with Gasteiger partial charge in [0.25, 0.3) is 5.75 Å². The summed E-state index contributed by atoms with van der Waals surface area (Å²) in [6.07, 6.45) is -42.8. The molecule has 4 saturated heterocycles. The molecule has 518 valence electrons. The van der Waals surface area contributed by atoms with Gasteiger partial charge >= 0.3 is 29.3 Å². The number of aliphatic carboxylic acids is 1. The number of rotatable bonds is 19. The van der Waals surface area contributed by atoms with Crippen molar-refractivity contribution in [2.45, 2.75) is 136 Å². The lowest BCUT2D eigenvalue weighted by molar-refractivity contribution is -0.358. The van der Waals surface area contributed by atoms with E-state index in [4.69, 9.17) is 60.9 Å². The summed E-state index contributed by atoms with van der Waals surface area (Å²) in [5, 5.41) is 191. The topological polar surface area (TPSA) is 599 Å². The van der Waals surface area contributed by atoms with E-state index in [0.717, 1.165) is 61.5 Å². The number of carbonyl (C=O) groups is 4. The molecule has 20 atom stereocenters. The molecule has 6 heterocycles. The van der Waals surface area contributed by atoms with Crippen LogP contribution in [0.4, 0.5) is 0 Å². The monoisotopic (exact) mass is 1360 g/mol. The van der Waals surface area contributed by atoms with Gasteiger partial charge in [-0.25, -0.2) is 4.79 Å². The zero-order valence-electron chi connectivity index (χ0n) is 49.1. The Kier molecular flexibility index (Phi) is 20.4. The number of fused-ring (bicyclic) bond motifs is 2. The highest BCUT2D eigenvalue weighted by molar-refractivity contribution is 5.91. The Morgan fingerprint density at radius 2 is 1.17 bits per heavy atom. The minimum Gasteiger partial charge on any atom is -0.508 e. The third kappa shape index (κ3) is 14.0. The summed E-state index contributed by atoms with van der Waals surface area (Å²) in [5.74, 6) is -14.0. The molecule has 0 saturated carbocycles. The number of hydrogen-bond acceptors (Lipinski definition) is 35. The number of aromatic hydroxyl groups is 6. The lowest BCUT2D eigenvalue weighted by Crippen LogP contribution is -2.65. The molecule has 19 N–H and O–H groups in total. The number of esters is 3. The summed E-state index contributed by atoms with van der Waals surface area (Å²) < 4.78 is 73.5. The van der Waals surface area contributed by atoms with E-state index in [-0.39, 0.29) is 28.2 Å². The van der Waals surface area contributed by atoms with E-state index >= 15 is 0 Å². The van der Waals surface area contributed by atoms with Crippen LogP contribution in [0.25, 0.3) is 44.9 Å². The number of benzene rings is 4. The SMILES string of the molecule is CC(=O)O[C@@H]1[C@@H](O)[C@H](Oc2cc3c(O)cc(=O)cc-3oc2-c2cc(O)c(O)c(O)c2)O[C@H](COC(=O)CC(=O)O[C@H]2[C@H](Oc3cc(O)c4c(=[OH+])c(O[C@@H]5O[C@H](CO)[C@@H](O)[C@H](O)[C@H]5O[C@@H]5O[C@H](CO)[C@@H](O)[C@H](O)[C@H]5O)c(-c5ccc(O)cc5)oc4c3)O[C@H](C(=O)O)[C@@H](O)[C@@H]2O)[C@H]1O. The minimum atomic E-state index is -2.43. The van der Waals surface area contributed by atoms with Crippen molar-refractivity contribution in [1.82, 2.24) is 0 Å². The van der Waals surface area contributed by atoms with E-state index in [1.165, 1.54) is 12.1 Å². The first-order valence-electron chi connectivity index (χ1n) is 28.5. The molecule has 0 amide bonds. The van der Waals surface area contributed by atoms with Crippen LogP contribution in [0.15, 0.2) is 80.4 Å². The summed E-state index contributed by atoms with van der Waals surface area (Å²) >= 11 is 0. The number of ether oxygens (including phenoxy) is 11. The van der Waals surface area contributed by atoms with Crippen LogP contribution in [-0.2, 0) is 57.1 Å². The van der Waals surface area contributed by atoms with Crippen LogP contribution in [0.5, 0.6) is 51.7 Å². The predicted octanol–water partition coefficient (Wildman–Crippen LogP) is -4.72. The molecule has 4 fully saturated rings. The molecule has 37 nitrogen and oxygen atoms in total. The highest BCUT2D eigenvalue weighted by Crippen LogP contribution is 2.47. The fourth-order valence-electron chi connectivity index (χ4n) is 10.7. The fourth-order valence-corrected chi connectivity index (χ4v) is 10.7. The molecule has 4 aromatic rings. The van der Waals surface area contributed by atoms with Gasteiger partial charge < -0.3 is 153 Å². The van der Waals surface area contributed by atoms with Crippen LogP contribution in [0.2, 0.25) is 0 Å². The summed E-state index contributed by atoms with van der Waals surface area (Å²) in [4.78, 5) is 75.9. The number of phenolic OH excluding ortho intramolecular Hbond substituents is 6. The van der Waals surface area contributed by atoms with Crippen molar-refractivity contribution in [1.29, 1.82) is 0 Å². The second-order valence-corrected chi connectivity index (χ2v) is 22.1. The van der Waals surface area contributed by atoms with Crippen molar-refractivity contribution >= 4 is 34.8 Å². The Bertz CT molecular complexity index is 3920. The van der Waals surface area contributed by atoms with Crippen molar-refractivity contribution in [3.05, 3.63) is 82.4 Å². The summed E-state index contributed by atoms with van der Waals surface area (Å²) in [7, 11) is 0. The van der Waals surface area contributed by atoms with Crippen LogP contribution in [-0.4, -0.2) is 263 Å². The normalized spacial score (nSPS) is 30.7. The summed E-state index contributed by atoms with van der Waals surface area (Å²) in [6.45, 7) is -2.09. The molecule has 3 aromatic carbocycles. The van der Waals surface area contributed by atoms with Gasteiger partial charge in [0.05, 0.1) is 18.8 Å². The molecule has 1 aromatic heterocycles.